The highest BCUT2D eigenvalue weighted by Gasteiger charge is 2.18. The molecule has 0 radical (unpaired) electrons. The second-order valence-corrected chi connectivity index (χ2v) is 6.22. The molecule has 0 amide bonds. The molecule has 102 valence electrons. The van der Waals surface area contributed by atoms with Crippen LogP contribution in [0.15, 0.2) is 10.6 Å². The fourth-order valence-corrected chi connectivity index (χ4v) is 3.20. The van der Waals surface area contributed by atoms with Crippen molar-refractivity contribution in [2.24, 2.45) is 0 Å². The van der Waals surface area contributed by atoms with E-state index in [9.17, 15) is 0 Å². The maximum Gasteiger partial charge on any atom is 0.266 e. The van der Waals surface area contributed by atoms with Crippen LogP contribution in [0, 0.1) is 6.92 Å². The lowest BCUT2D eigenvalue weighted by Gasteiger charge is -2.16. The number of aromatic nitrogens is 2. The first-order valence-electron chi connectivity index (χ1n) is 6.69. The summed E-state index contributed by atoms with van der Waals surface area (Å²) < 4.78 is 5.36. The van der Waals surface area contributed by atoms with E-state index in [2.05, 4.69) is 15.0 Å². The lowest BCUT2D eigenvalue weighted by molar-refractivity contribution is 0.429. The summed E-state index contributed by atoms with van der Waals surface area (Å²) in [6, 6.07) is 2.00. The molecule has 1 aliphatic heterocycles. The average Bonchev–Trinajstić information content (AvgIpc) is 2.88. The van der Waals surface area contributed by atoms with Crippen molar-refractivity contribution in [3.63, 3.8) is 0 Å². The summed E-state index contributed by atoms with van der Waals surface area (Å²) >= 11 is 1.55. The van der Waals surface area contributed by atoms with Crippen molar-refractivity contribution in [1.29, 1.82) is 0 Å². The number of nitrogens with two attached hydrogens (primary N) is 1. The predicted octanol–water partition coefficient (Wildman–Crippen LogP) is 3.07. The Hall–Kier alpha value is -1.56. The summed E-state index contributed by atoms with van der Waals surface area (Å²) in [4.78, 5) is 7.85. The zero-order valence-electron chi connectivity index (χ0n) is 11.1. The molecule has 19 heavy (non-hydrogen) atoms. The molecule has 0 spiro atoms. The molecule has 1 aliphatic rings. The van der Waals surface area contributed by atoms with Gasteiger partial charge in [0.15, 0.2) is 0 Å². The fourth-order valence-electron chi connectivity index (χ4n) is 2.42. The second-order valence-electron chi connectivity index (χ2n) is 4.94. The van der Waals surface area contributed by atoms with Crippen molar-refractivity contribution in [2.45, 2.75) is 32.6 Å². The molecule has 0 aromatic carbocycles. The third-order valence-electron chi connectivity index (χ3n) is 3.42. The van der Waals surface area contributed by atoms with E-state index in [1.54, 1.807) is 11.3 Å². The number of nitrogens with zero attached hydrogens (tertiary/aromatic N) is 3. The Labute approximate surface area is 116 Å². The molecule has 1 saturated heterocycles. The number of thiophene rings is 1. The van der Waals surface area contributed by atoms with E-state index in [-0.39, 0.29) is 0 Å². The summed E-state index contributed by atoms with van der Waals surface area (Å²) in [5.74, 6) is 1.22. The normalized spacial score (nSPS) is 16.6. The minimum Gasteiger partial charge on any atom is -0.390 e. The first-order chi connectivity index (χ1) is 9.24. The Morgan fingerprint density at radius 2 is 2.00 bits per heavy atom. The molecule has 2 N–H and O–H groups in total. The van der Waals surface area contributed by atoms with Crippen molar-refractivity contribution in [3.8, 4) is 11.5 Å². The van der Waals surface area contributed by atoms with Gasteiger partial charge in [-0.05, 0) is 31.0 Å². The molecule has 0 saturated carbocycles. The zero-order chi connectivity index (χ0) is 13.2. The van der Waals surface area contributed by atoms with Gasteiger partial charge in [-0.1, -0.05) is 12.8 Å². The molecule has 0 unspecified atom stereocenters. The smallest absolute Gasteiger partial charge is 0.266 e. The van der Waals surface area contributed by atoms with Gasteiger partial charge in [0.2, 0.25) is 0 Å². The summed E-state index contributed by atoms with van der Waals surface area (Å²) in [7, 11) is 0. The van der Waals surface area contributed by atoms with Gasteiger partial charge in [-0.2, -0.15) is 4.98 Å². The molecule has 3 heterocycles. The molecule has 0 atom stereocenters. The number of anilines is 2. The van der Waals surface area contributed by atoms with Crippen LogP contribution < -0.4 is 10.6 Å². The number of hydrogen-bond donors (Lipinski definition) is 1. The Balaban J connectivity index is 1.84. The van der Waals surface area contributed by atoms with E-state index < -0.39 is 0 Å². The topological polar surface area (TPSA) is 68.2 Å². The minimum absolute atomic E-state index is 0.529. The van der Waals surface area contributed by atoms with Crippen LogP contribution in [-0.2, 0) is 0 Å². The Bertz CT molecular complexity index is 555. The minimum atomic E-state index is 0.529. The second kappa shape index (κ2) is 5.21. The Kier molecular flexibility index (Phi) is 3.42. The van der Waals surface area contributed by atoms with Crippen molar-refractivity contribution in [1.82, 2.24) is 10.1 Å². The Morgan fingerprint density at radius 1 is 1.26 bits per heavy atom. The lowest BCUT2D eigenvalue weighted by atomic mass is 10.2. The van der Waals surface area contributed by atoms with Crippen molar-refractivity contribution < 1.29 is 4.52 Å². The van der Waals surface area contributed by atoms with Crippen molar-refractivity contribution in [2.75, 3.05) is 23.7 Å². The number of nitrogen functional groups attached to an aromatic ring is 1. The van der Waals surface area contributed by atoms with E-state index >= 15 is 0 Å². The first kappa shape index (κ1) is 12.5. The van der Waals surface area contributed by atoms with Crippen LogP contribution in [0.25, 0.3) is 11.5 Å². The highest BCUT2D eigenvalue weighted by molar-refractivity contribution is 7.16. The fraction of sp³-hybridized carbons (Fsp3) is 0.538. The van der Waals surface area contributed by atoms with Gasteiger partial charge >= 0.3 is 0 Å². The van der Waals surface area contributed by atoms with Gasteiger partial charge in [0.05, 0.1) is 10.6 Å². The van der Waals surface area contributed by atoms with E-state index in [1.165, 1.54) is 25.7 Å². The Morgan fingerprint density at radius 3 is 2.63 bits per heavy atom. The molecule has 2 aromatic rings. The van der Waals surface area contributed by atoms with Crippen LogP contribution in [0.4, 0.5) is 10.9 Å². The largest absolute Gasteiger partial charge is 0.390 e. The van der Waals surface area contributed by atoms with Gasteiger partial charge in [0.25, 0.3) is 11.8 Å². The number of hydrogen-bond acceptors (Lipinski definition) is 6. The van der Waals surface area contributed by atoms with Gasteiger partial charge in [-0.3, -0.25) is 0 Å². The van der Waals surface area contributed by atoms with Crippen LogP contribution >= 0.6 is 11.3 Å². The highest BCUT2D eigenvalue weighted by Crippen LogP contribution is 2.33. The van der Waals surface area contributed by atoms with E-state index in [0.29, 0.717) is 11.8 Å². The van der Waals surface area contributed by atoms with Crippen molar-refractivity contribution in [3.05, 3.63) is 10.9 Å². The number of aryl methyl sites for hydroxylation is 1. The standard InChI is InChI=1S/C13H18N4OS/c1-9-8-10(11(14)19-9)12-15-13(16-18-12)17-6-4-2-3-5-7-17/h8H,2-7,14H2,1H3. The summed E-state index contributed by atoms with van der Waals surface area (Å²) in [6.45, 7) is 4.05. The van der Waals surface area contributed by atoms with Gasteiger partial charge in [0, 0.05) is 18.0 Å². The summed E-state index contributed by atoms with van der Waals surface area (Å²) in [6.07, 6.45) is 4.98. The van der Waals surface area contributed by atoms with Gasteiger partial charge in [-0.25, -0.2) is 0 Å². The first-order valence-corrected chi connectivity index (χ1v) is 7.50. The van der Waals surface area contributed by atoms with Gasteiger partial charge in [-0.15, -0.1) is 11.3 Å². The van der Waals surface area contributed by atoms with Crippen LogP contribution in [0.1, 0.15) is 30.6 Å². The molecule has 3 rings (SSSR count). The highest BCUT2D eigenvalue weighted by atomic mass is 32.1. The average molecular weight is 278 g/mol. The molecule has 2 aromatic heterocycles. The predicted molar refractivity (Wildman–Crippen MR) is 77.4 cm³/mol. The van der Waals surface area contributed by atoms with E-state index in [1.807, 2.05) is 13.0 Å². The molecule has 0 bridgehead atoms. The molecular weight excluding hydrogens is 260 g/mol. The van der Waals surface area contributed by atoms with Gasteiger partial charge in [0.1, 0.15) is 0 Å². The van der Waals surface area contributed by atoms with Crippen LogP contribution in [0.2, 0.25) is 0 Å². The molecular formula is C13H18N4OS. The quantitative estimate of drug-likeness (QED) is 0.914. The van der Waals surface area contributed by atoms with Gasteiger partial charge < -0.3 is 15.2 Å². The molecule has 1 fully saturated rings. The SMILES string of the molecule is Cc1cc(-c2nc(N3CCCCCC3)no2)c(N)s1. The van der Waals surface area contributed by atoms with Crippen LogP contribution in [0.3, 0.4) is 0 Å². The molecule has 5 nitrogen and oxygen atoms in total. The van der Waals surface area contributed by atoms with Crippen LogP contribution in [0.5, 0.6) is 0 Å². The monoisotopic (exact) mass is 278 g/mol. The van der Waals surface area contributed by atoms with E-state index in [4.69, 9.17) is 10.3 Å². The van der Waals surface area contributed by atoms with Crippen molar-refractivity contribution >= 4 is 22.3 Å². The zero-order valence-corrected chi connectivity index (χ0v) is 11.9. The molecule has 6 heteroatoms. The summed E-state index contributed by atoms with van der Waals surface area (Å²) in [5, 5.41) is 4.84. The van der Waals surface area contributed by atoms with Crippen LogP contribution in [-0.4, -0.2) is 23.2 Å². The maximum atomic E-state index is 5.96. The lowest BCUT2D eigenvalue weighted by Crippen LogP contribution is -2.24. The number of rotatable bonds is 2. The molecule has 0 aliphatic carbocycles. The third-order valence-corrected chi connectivity index (χ3v) is 4.30. The summed E-state index contributed by atoms with van der Waals surface area (Å²) in [5.41, 5.74) is 6.82. The van der Waals surface area contributed by atoms with E-state index in [0.717, 1.165) is 28.5 Å². The maximum absolute atomic E-state index is 5.96. The third kappa shape index (κ3) is 2.58.